The highest BCUT2D eigenvalue weighted by molar-refractivity contribution is 5.19. The molecule has 0 fully saturated rings. The van der Waals surface area contributed by atoms with Crippen LogP contribution in [0.25, 0.3) is 0 Å². The average Bonchev–Trinajstić information content (AvgIpc) is 2.14. The van der Waals surface area contributed by atoms with E-state index >= 15 is 0 Å². The van der Waals surface area contributed by atoms with Gasteiger partial charge in [-0.2, -0.15) is 0 Å². The zero-order chi connectivity index (χ0) is 9.68. The maximum atomic E-state index is 6.01. The van der Waals surface area contributed by atoms with Gasteiger partial charge in [0.15, 0.2) is 0 Å². The molecule has 0 bridgehead atoms. The lowest BCUT2D eigenvalue weighted by Crippen LogP contribution is -2.10. The quantitative estimate of drug-likeness (QED) is 0.769. The topological polar surface area (TPSA) is 38.9 Å². The fourth-order valence-electron chi connectivity index (χ4n) is 1.37. The van der Waals surface area contributed by atoms with Crippen molar-refractivity contribution in [2.24, 2.45) is 5.73 Å². The number of nitrogens with two attached hydrogens (primary N) is 1. The number of hydrogen-bond donors (Lipinski definition) is 1. The third-order valence-corrected chi connectivity index (χ3v) is 2.19. The minimum absolute atomic E-state index is 0.160. The van der Waals surface area contributed by atoms with Crippen molar-refractivity contribution in [1.29, 1.82) is 0 Å². The first-order chi connectivity index (χ1) is 6.24. The first kappa shape index (κ1) is 10.2. The van der Waals surface area contributed by atoms with Gasteiger partial charge in [0.25, 0.3) is 0 Å². The molecule has 2 nitrogen and oxygen atoms in total. The second-order valence-corrected chi connectivity index (χ2v) is 3.54. The second-order valence-electron chi connectivity index (χ2n) is 3.54. The van der Waals surface area contributed by atoms with E-state index in [1.165, 1.54) is 18.4 Å². The van der Waals surface area contributed by atoms with Crippen molar-refractivity contribution >= 4 is 0 Å². The summed E-state index contributed by atoms with van der Waals surface area (Å²) in [6.07, 6.45) is 7.17. The first-order valence-electron chi connectivity index (χ1n) is 4.91. The molecule has 0 aliphatic rings. The zero-order valence-electron chi connectivity index (χ0n) is 8.46. The Balaban J connectivity index is 2.60. The summed E-state index contributed by atoms with van der Waals surface area (Å²) in [7, 11) is 0. The Morgan fingerprint density at radius 3 is 2.85 bits per heavy atom. The van der Waals surface area contributed by atoms with Gasteiger partial charge < -0.3 is 5.73 Å². The van der Waals surface area contributed by atoms with Gasteiger partial charge in [0, 0.05) is 18.4 Å². The van der Waals surface area contributed by atoms with Crippen LogP contribution >= 0.6 is 0 Å². The standard InChI is InChI=1S/C11H18N2/c1-3-4-5-11(12)10-6-9(2)7-13-8-10/h6-8,11H,3-5,12H2,1-2H3. The van der Waals surface area contributed by atoms with Crippen molar-refractivity contribution in [1.82, 2.24) is 4.98 Å². The summed E-state index contributed by atoms with van der Waals surface area (Å²) in [6.45, 7) is 4.23. The Kier molecular flexibility index (Phi) is 3.90. The van der Waals surface area contributed by atoms with Crippen LogP contribution in [0.2, 0.25) is 0 Å². The second kappa shape index (κ2) is 4.97. The van der Waals surface area contributed by atoms with Crippen LogP contribution in [0.15, 0.2) is 18.5 Å². The summed E-state index contributed by atoms with van der Waals surface area (Å²) < 4.78 is 0. The van der Waals surface area contributed by atoms with Crippen molar-refractivity contribution in [3.8, 4) is 0 Å². The van der Waals surface area contributed by atoms with Crippen LogP contribution < -0.4 is 5.73 Å². The van der Waals surface area contributed by atoms with Crippen molar-refractivity contribution in [2.45, 2.75) is 39.2 Å². The highest BCUT2D eigenvalue weighted by Crippen LogP contribution is 2.16. The molecule has 1 aromatic rings. The summed E-state index contributed by atoms with van der Waals surface area (Å²) in [5.41, 5.74) is 8.36. The smallest absolute Gasteiger partial charge is 0.0315 e. The molecule has 0 amide bonds. The molecule has 2 N–H and O–H groups in total. The van der Waals surface area contributed by atoms with Crippen LogP contribution in [0.1, 0.15) is 43.4 Å². The lowest BCUT2D eigenvalue weighted by Gasteiger charge is -2.10. The van der Waals surface area contributed by atoms with E-state index in [0.717, 1.165) is 12.0 Å². The van der Waals surface area contributed by atoms with Crippen molar-refractivity contribution in [3.63, 3.8) is 0 Å². The number of nitrogens with zero attached hydrogens (tertiary/aromatic N) is 1. The average molecular weight is 178 g/mol. The number of hydrogen-bond acceptors (Lipinski definition) is 2. The van der Waals surface area contributed by atoms with Crippen LogP contribution in [0, 0.1) is 6.92 Å². The number of pyridine rings is 1. The van der Waals surface area contributed by atoms with E-state index in [4.69, 9.17) is 5.73 Å². The van der Waals surface area contributed by atoms with Gasteiger partial charge in [0.1, 0.15) is 0 Å². The molecule has 2 heteroatoms. The minimum Gasteiger partial charge on any atom is -0.324 e. The molecule has 0 aromatic carbocycles. The van der Waals surface area contributed by atoms with Crippen LogP contribution in [0.5, 0.6) is 0 Å². The Morgan fingerprint density at radius 1 is 1.46 bits per heavy atom. The van der Waals surface area contributed by atoms with Crippen LogP contribution in [-0.2, 0) is 0 Å². The summed E-state index contributed by atoms with van der Waals surface area (Å²) >= 11 is 0. The molecule has 1 aromatic heterocycles. The minimum atomic E-state index is 0.160. The fraction of sp³-hybridized carbons (Fsp3) is 0.545. The highest BCUT2D eigenvalue weighted by atomic mass is 14.7. The molecule has 1 unspecified atom stereocenters. The van der Waals surface area contributed by atoms with Crippen molar-refractivity contribution in [3.05, 3.63) is 29.6 Å². The van der Waals surface area contributed by atoms with E-state index in [-0.39, 0.29) is 6.04 Å². The van der Waals surface area contributed by atoms with Gasteiger partial charge in [0.2, 0.25) is 0 Å². The molecule has 0 aliphatic carbocycles. The van der Waals surface area contributed by atoms with E-state index in [1.54, 1.807) is 0 Å². The maximum Gasteiger partial charge on any atom is 0.0315 e. The largest absolute Gasteiger partial charge is 0.324 e. The monoisotopic (exact) mass is 178 g/mol. The van der Waals surface area contributed by atoms with Crippen LogP contribution in [-0.4, -0.2) is 4.98 Å². The highest BCUT2D eigenvalue weighted by Gasteiger charge is 2.04. The van der Waals surface area contributed by atoms with Gasteiger partial charge in [-0.3, -0.25) is 4.98 Å². The first-order valence-corrected chi connectivity index (χ1v) is 4.91. The molecule has 0 spiro atoms. The Morgan fingerprint density at radius 2 is 2.23 bits per heavy atom. The van der Waals surface area contributed by atoms with E-state index in [1.807, 2.05) is 19.3 Å². The maximum absolute atomic E-state index is 6.01. The molecule has 0 aliphatic heterocycles. The molecular formula is C11H18N2. The number of aryl methyl sites for hydroxylation is 1. The molecule has 72 valence electrons. The van der Waals surface area contributed by atoms with Gasteiger partial charge in [-0.25, -0.2) is 0 Å². The molecule has 0 saturated heterocycles. The van der Waals surface area contributed by atoms with Gasteiger partial charge in [-0.1, -0.05) is 25.8 Å². The third-order valence-electron chi connectivity index (χ3n) is 2.19. The zero-order valence-corrected chi connectivity index (χ0v) is 8.46. The summed E-state index contributed by atoms with van der Waals surface area (Å²) in [5.74, 6) is 0. The lowest BCUT2D eigenvalue weighted by atomic mass is 10.0. The van der Waals surface area contributed by atoms with E-state index in [2.05, 4.69) is 18.0 Å². The predicted octanol–water partition coefficient (Wildman–Crippen LogP) is 2.58. The molecular weight excluding hydrogens is 160 g/mol. The molecule has 1 heterocycles. The van der Waals surface area contributed by atoms with E-state index in [9.17, 15) is 0 Å². The summed E-state index contributed by atoms with van der Waals surface area (Å²) in [6, 6.07) is 2.28. The molecule has 0 saturated carbocycles. The normalized spacial score (nSPS) is 12.8. The van der Waals surface area contributed by atoms with Gasteiger partial charge >= 0.3 is 0 Å². The predicted molar refractivity (Wildman–Crippen MR) is 55.4 cm³/mol. The van der Waals surface area contributed by atoms with Crippen LogP contribution in [0.3, 0.4) is 0 Å². The van der Waals surface area contributed by atoms with Gasteiger partial charge in [-0.05, 0) is 24.5 Å². The molecule has 0 radical (unpaired) electrons. The number of unbranched alkanes of at least 4 members (excludes halogenated alkanes) is 1. The number of aromatic nitrogens is 1. The summed E-state index contributed by atoms with van der Waals surface area (Å²) in [5, 5.41) is 0. The SMILES string of the molecule is CCCCC(N)c1cncc(C)c1. The fourth-order valence-corrected chi connectivity index (χ4v) is 1.37. The van der Waals surface area contributed by atoms with Crippen LogP contribution in [0.4, 0.5) is 0 Å². The van der Waals surface area contributed by atoms with E-state index < -0.39 is 0 Å². The Hall–Kier alpha value is -0.890. The molecule has 13 heavy (non-hydrogen) atoms. The number of rotatable bonds is 4. The molecule has 1 rings (SSSR count). The van der Waals surface area contributed by atoms with Crippen molar-refractivity contribution < 1.29 is 0 Å². The summed E-state index contributed by atoms with van der Waals surface area (Å²) in [4.78, 5) is 4.13. The Bertz CT molecular complexity index is 258. The molecule has 1 atom stereocenters. The van der Waals surface area contributed by atoms with Crippen molar-refractivity contribution in [2.75, 3.05) is 0 Å². The Labute approximate surface area is 80.2 Å². The lowest BCUT2D eigenvalue weighted by molar-refractivity contribution is 0.601. The van der Waals surface area contributed by atoms with E-state index in [0.29, 0.717) is 0 Å². The van der Waals surface area contributed by atoms with Gasteiger partial charge in [0.05, 0.1) is 0 Å². The van der Waals surface area contributed by atoms with Gasteiger partial charge in [-0.15, -0.1) is 0 Å². The third kappa shape index (κ3) is 3.15.